The zero-order valence-electron chi connectivity index (χ0n) is 11.4. The van der Waals surface area contributed by atoms with Gasteiger partial charge in [0.25, 0.3) is 0 Å². The lowest BCUT2D eigenvalue weighted by Crippen LogP contribution is -2.38. The number of ether oxygens (including phenoxy) is 1. The van der Waals surface area contributed by atoms with Gasteiger partial charge in [-0.15, -0.1) is 0 Å². The fourth-order valence-electron chi connectivity index (χ4n) is 3.60. The minimum Gasteiger partial charge on any atom is -0.362 e. The Kier molecular flexibility index (Phi) is 2.12. The van der Waals surface area contributed by atoms with Gasteiger partial charge < -0.3 is 4.74 Å². The average molecular weight is 269 g/mol. The van der Waals surface area contributed by atoms with E-state index in [9.17, 15) is 9.59 Å². The molecule has 1 aromatic carbocycles. The highest BCUT2D eigenvalue weighted by atomic mass is 16.5. The Balaban J connectivity index is 1.77. The number of nitrogens with zero attached hydrogens (tertiary/aromatic N) is 1. The van der Waals surface area contributed by atoms with Gasteiger partial charge in [-0.2, -0.15) is 0 Å². The minimum atomic E-state index is -0.623. The van der Waals surface area contributed by atoms with Crippen molar-refractivity contribution in [2.75, 3.05) is 4.90 Å². The van der Waals surface area contributed by atoms with Gasteiger partial charge in [0.05, 0.1) is 29.2 Å². The lowest BCUT2D eigenvalue weighted by Gasteiger charge is -2.24. The molecule has 4 rings (SSSR count). The highest BCUT2D eigenvalue weighted by Crippen LogP contribution is 2.52. The van der Waals surface area contributed by atoms with Gasteiger partial charge >= 0.3 is 0 Å². The number of benzene rings is 1. The maximum absolute atomic E-state index is 12.7. The van der Waals surface area contributed by atoms with Gasteiger partial charge in [-0.05, 0) is 26.0 Å². The van der Waals surface area contributed by atoms with E-state index < -0.39 is 5.60 Å². The third-order valence-corrected chi connectivity index (χ3v) is 4.62. The number of amides is 2. The SMILES string of the molecule is Cc1ccc(N2C(=O)[C@@H]3[C@H]4C=C[C@@](C)(O4)[C@H]3C2=O)cc1. The third-order valence-electron chi connectivity index (χ3n) is 4.62. The minimum absolute atomic E-state index is 0.137. The second kappa shape index (κ2) is 3.58. The second-order valence-electron chi connectivity index (χ2n) is 5.98. The number of aryl methyl sites for hydroxylation is 1. The van der Waals surface area contributed by atoms with Crippen LogP contribution in [0.1, 0.15) is 12.5 Å². The van der Waals surface area contributed by atoms with E-state index in [0.717, 1.165) is 5.56 Å². The number of hydrogen-bond acceptors (Lipinski definition) is 3. The zero-order valence-corrected chi connectivity index (χ0v) is 11.4. The molecule has 1 aromatic rings. The molecule has 2 fully saturated rings. The van der Waals surface area contributed by atoms with Crippen LogP contribution >= 0.6 is 0 Å². The third kappa shape index (κ3) is 1.29. The fourth-order valence-corrected chi connectivity index (χ4v) is 3.60. The van der Waals surface area contributed by atoms with Gasteiger partial charge in [0, 0.05) is 0 Å². The van der Waals surface area contributed by atoms with Crippen molar-refractivity contribution in [1.82, 2.24) is 0 Å². The average Bonchev–Trinajstić information content (AvgIpc) is 3.01. The van der Waals surface area contributed by atoms with E-state index in [-0.39, 0.29) is 29.8 Å². The van der Waals surface area contributed by atoms with Gasteiger partial charge in [0.15, 0.2) is 0 Å². The number of anilines is 1. The van der Waals surface area contributed by atoms with Crippen molar-refractivity contribution in [2.24, 2.45) is 11.8 Å². The van der Waals surface area contributed by atoms with Crippen molar-refractivity contribution in [3.05, 3.63) is 42.0 Å². The summed E-state index contributed by atoms with van der Waals surface area (Å²) in [4.78, 5) is 26.6. The highest BCUT2D eigenvalue weighted by Gasteiger charge is 2.65. The summed E-state index contributed by atoms with van der Waals surface area (Å²) >= 11 is 0. The van der Waals surface area contributed by atoms with Crippen LogP contribution in [0.5, 0.6) is 0 Å². The summed E-state index contributed by atoms with van der Waals surface area (Å²) in [6.07, 6.45) is 3.57. The first kappa shape index (κ1) is 11.9. The van der Waals surface area contributed by atoms with E-state index in [2.05, 4.69) is 0 Å². The molecule has 3 aliphatic rings. The Morgan fingerprint density at radius 2 is 1.85 bits per heavy atom. The molecule has 4 atom stereocenters. The second-order valence-corrected chi connectivity index (χ2v) is 5.98. The maximum Gasteiger partial charge on any atom is 0.241 e. The first-order valence-corrected chi connectivity index (χ1v) is 6.83. The predicted molar refractivity (Wildman–Crippen MR) is 73.1 cm³/mol. The lowest BCUT2D eigenvalue weighted by atomic mass is 9.78. The van der Waals surface area contributed by atoms with Gasteiger partial charge in [-0.25, -0.2) is 4.90 Å². The van der Waals surface area contributed by atoms with Crippen LogP contribution in [-0.4, -0.2) is 23.5 Å². The molecule has 0 spiro atoms. The summed E-state index contributed by atoms with van der Waals surface area (Å²) in [5, 5.41) is 0. The number of carbonyl (C=O) groups excluding carboxylic acids is 2. The summed E-state index contributed by atoms with van der Waals surface area (Å²) < 4.78 is 5.79. The number of rotatable bonds is 1. The standard InChI is InChI=1S/C16H15NO3/c1-9-3-5-10(6-4-9)17-14(18)12-11-7-8-16(2,20-11)13(12)15(17)19/h3-8,11-13H,1-2H3/t11-,12-,13-,16-/m1/s1. The number of hydrogen-bond donors (Lipinski definition) is 0. The number of carbonyl (C=O) groups is 2. The molecule has 0 aromatic heterocycles. The molecule has 0 N–H and O–H groups in total. The zero-order chi connectivity index (χ0) is 14.1. The Labute approximate surface area is 117 Å². The van der Waals surface area contributed by atoms with Crippen LogP contribution in [0, 0.1) is 18.8 Å². The first-order valence-electron chi connectivity index (χ1n) is 6.83. The quantitative estimate of drug-likeness (QED) is 0.577. The van der Waals surface area contributed by atoms with Crippen molar-refractivity contribution in [1.29, 1.82) is 0 Å². The van der Waals surface area contributed by atoms with Crippen LogP contribution in [0.25, 0.3) is 0 Å². The molecule has 2 saturated heterocycles. The summed E-state index contributed by atoms with van der Waals surface area (Å²) in [5.74, 6) is -1.02. The van der Waals surface area contributed by atoms with Gasteiger partial charge in [-0.1, -0.05) is 29.8 Å². The molecule has 102 valence electrons. The molecule has 0 aliphatic carbocycles. The topological polar surface area (TPSA) is 46.6 Å². The van der Waals surface area contributed by atoms with E-state index in [1.165, 1.54) is 4.90 Å². The van der Waals surface area contributed by atoms with Crippen LogP contribution in [0.2, 0.25) is 0 Å². The van der Waals surface area contributed by atoms with Crippen molar-refractivity contribution in [3.63, 3.8) is 0 Å². The normalized spacial score (nSPS) is 37.9. The van der Waals surface area contributed by atoms with Gasteiger partial charge in [0.1, 0.15) is 0 Å². The van der Waals surface area contributed by atoms with Crippen molar-refractivity contribution in [3.8, 4) is 0 Å². The molecule has 0 unspecified atom stereocenters. The molecule has 3 aliphatic heterocycles. The number of fused-ring (bicyclic) bond motifs is 5. The van der Waals surface area contributed by atoms with Gasteiger partial charge in [-0.3, -0.25) is 9.59 Å². The summed E-state index contributed by atoms with van der Waals surface area (Å²) in [6, 6.07) is 7.47. The van der Waals surface area contributed by atoms with E-state index in [4.69, 9.17) is 4.74 Å². The lowest BCUT2D eigenvalue weighted by molar-refractivity contribution is -0.126. The molecule has 2 bridgehead atoms. The highest BCUT2D eigenvalue weighted by molar-refractivity contribution is 6.23. The molecule has 4 nitrogen and oxygen atoms in total. The smallest absolute Gasteiger partial charge is 0.241 e. The Morgan fingerprint density at radius 1 is 1.15 bits per heavy atom. The van der Waals surface area contributed by atoms with Crippen molar-refractivity contribution >= 4 is 17.5 Å². The Hall–Kier alpha value is -1.94. The molecule has 3 heterocycles. The van der Waals surface area contributed by atoms with E-state index in [0.29, 0.717) is 5.69 Å². The first-order chi connectivity index (χ1) is 9.51. The molecular weight excluding hydrogens is 254 g/mol. The van der Waals surface area contributed by atoms with E-state index in [1.54, 1.807) is 0 Å². The predicted octanol–water partition coefficient (Wildman–Crippen LogP) is 1.83. The molecule has 0 radical (unpaired) electrons. The summed E-state index contributed by atoms with van der Waals surface area (Å²) in [6.45, 7) is 3.86. The molecule has 20 heavy (non-hydrogen) atoms. The van der Waals surface area contributed by atoms with Gasteiger partial charge in [0.2, 0.25) is 11.8 Å². The van der Waals surface area contributed by atoms with E-state index in [1.807, 2.05) is 50.3 Å². The van der Waals surface area contributed by atoms with Crippen LogP contribution < -0.4 is 4.90 Å². The van der Waals surface area contributed by atoms with E-state index >= 15 is 0 Å². The number of imide groups is 1. The molecule has 4 heteroatoms. The monoisotopic (exact) mass is 269 g/mol. The summed E-state index contributed by atoms with van der Waals surface area (Å²) in [5.41, 5.74) is 1.13. The van der Waals surface area contributed by atoms with Crippen LogP contribution in [0.4, 0.5) is 5.69 Å². The Bertz CT molecular complexity index is 648. The van der Waals surface area contributed by atoms with Crippen LogP contribution in [0.3, 0.4) is 0 Å². The van der Waals surface area contributed by atoms with Crippen molar-refractivity contribution in [2.45, 2.75) is 25.6 Å². The fraction of sp³-hybridized carbons (Fsp3) is 0.375. The van der Waals surface area contributed by atoms with Crippen LogP contribution in [0.15, 0.2) is 36.4 Å². The summed E-state index contributed by atoms with van der Waals surface area (Å²) in [7, 11) is 0. The maximum atomic E-state index is 12.7. The molecule has 0 saturated carbocycles. The van der Waals surface area contributed by atoms with Crippen LogP contribution in [-0.2, 0) is 14.3 Å². The molecule has 2 amide bonds. The van der Waals surface area contributed by atoms with Crippen molar-refractivity contribution < 1.29 is 14.3 Å². The Morgan fingerprint density at radius 3 is 2.50 bits per heavy atom. The largest absolute Gasteiger partial charge is 0.362 e. The molecular formula is C16H15NO3.